The molecule has 3 rings (SSSR count). The molecule has 158 valence electrons. The van der Waals surface area contributed by atoms with Gasteiger partial charge in [-0.25, -0.2) is 8.78 Å². The molecule has 0 heterocycles. The van der Waals surface area contributed by atoms with Gasteiger partial charge in [-0.1, -0.05) is 26.2 Å². The first-order chi connectivity index (χ1) is 14.0. The number of carbonyl (C=O) groups is 1. The molecule has 0 amide bonds. The van der Waals surface area contributed by atoms with Crippen LogP contribution >= 0.6 is 0 Å². The fourth-order valence-corrected chi connectivity index (χ4v) is 4.46. The van der Waals surface area contributed by atoms with Crippen LogP contribution in [0.3, 0.4) is 0 Å². The van der Waals surface area contributed by atoms with Gasteiger partial charge in [0.1, 0.15) is 29.0 Å². The zero-order valence-corrected chi connectivity index (χ0v) is 17.0. The van der Waals surface area contributed by atoms with Crippen molar-refractivity contribution in [3.63, 3.8) is 0 Å². The van der Waals surface area contributed by atoms with Gasteiger partial charge in [0.05, 0.1) is 12.0 Å². The normalized spacial score (nSPS) is 27.2. The summed E-state index contributed by atoms with van der Waals surface area (Å²) in [6, 6.07) is 3.20. The Kier molecular flexibility index (Phi) is 7.60. The van der Waals surface area contributed by atoms with E-state index in [1.807, 2.05) is 0 Å². The lowest BCUT2D eigenvalue weighted by Crippen LogP contribution is -2.30. The zero-order valence-electron chi connectivity index (χ0n) is 17.0. The van der Waals surface area contributed by atoms with Gasteiger partial charge in [0.15, 0.2) is 0 Å². The molecule has 0 aliphatic heterocycles. The van der Waals surface area contributed by atoms with Gasteiger partial charge in [-0.15, -0.1) is 0 Å². The lowest BCUT2D eigenvalue weighted by molar-refractivity contribution is -0.141. The molecule has 1 aromatic carbocycles. The highest BCUT2D eigenvalue weighted by Crippen LogP contribution is 2.33. The average Bonchev–Trinajstić information content (AvgIpc) is 2.73. The summed E-state index contributed by atoms with van der Waals surface area (Å²) >= 11 is 0. The van der Waals surface area contributed by atoms with Crippen molar-refractivity contribution >= 4 is 5.97 Å². The van der Waals surface area contributed by atoms with E-state index in [1.54, 1.807) is 0 Å². The minimum Gasteiger partial charge on any atom is -0.426 e. The first-order valence-electron chi connectivity index (χ1n) is 10.7. The van der Waals surface area contributed by atoms with Crippen LogP contribution in [-0.4, -0.2) is 18.7 Å². The summed E-state index contributed by atoms with van der Waals surface area (Å²) in [6.45, 7) is 3.07. The molecule has 29 heavy (non-hydrogen) atoms. The minimum atomic E-state index is -1.03. The van der Waals surface area contributed by atoms with Crippen LogP contribution in [-0.2, 0) is 9.53 Å². The van der Waals surface area contributed by atoms with Gasteiger partial charge < -0.3 is 9.47 Å². The van der Waals surface area contributed by atoms with Crippen molar-refractivity contribution in [1.29, 1.82) is 5.26 Å². The number of rotatable bonds is 6. The molecule has 4 nitrogen and oxygen atoms in total. The molecule has 2 aliphatic carbocycles. The third-order valence-electron chi connectivity index (χ3n) is 6.46. The van der Waals surface area contributed by atoms with Crippen LogP contribution in [0.5, 0.6) is 5.75 Å². The van der Waals surface area contributed by atoms with Gasteiger partial charge in [0, 0.05) is 18.7 Å². The topological polar surface area (TPSA) is 59.3 Å². The summed E-state index contributed by atoms with van der Waals surface area (Å²) in [5.74, 6) is -1.50. The summed E-state index contributed by atoms with van der Waals surface area (Å²) in [7, 11) is 0. The van der Waals surface area contributed by atoms with Crippen molar-refractivity contribution in [3.8, 4) is 11.8 Å². The predicted octanol–water partition coefficient (Wildman–Crippen LogP) is 5.53. The SMILES string of the molecule is CCC1CCC(COC2CCC(C(=O)Oc3cc(F)c(C#N)c(F)c3)CC2)CC1. The van der Waals surface area contributed by atoms with Crippen LogP contribution in [0.25, 0.3) is 0 Å². The van der Waals surface area contributed by atoms with E-state index in [4.69, 9.17) is 14.7 Å². The first kappa shape index (κ1) is 21.7. The molecule has 0 radical (unpaired) electrons. The second-order valence-corrected chi connectivity index (χ2v) is 8.40. The maximum atomic E-state index is 13.7. The number of benzene rings is 1. The number of nitrogens with zero attached hydrogens (tertiary/aromatic N) is 1. The molecule has 2 fully saturated rings. The highest BCUT2D eigenvalue weighted by molar-refractivity contribution is 5.75. The number of ether oxygens (including phenoxy) is 2. The van der Waals surface area contributed by atoms with E-state index in [0.29, 0.717) is 18.8 Å². The molecule has 0 N–H and O–H groups in total. The smallest absolute Gasteiger partial charge is 0.314 e. The molecule has 0 saturated heterocycles. The van der Waals surface area contributed by atoms with Crippen LogP contribution in [0, 0.1) is 40.7 Å². The maximum Gasteiger partial charge on any atom is 0.314 e. The quantitative estimate of drug-likeness (QED) is 0.461. The summed E-state index contributed by atoms with van der Waals surface area (Å²) in [4.78, 5) is 12.3. The Morgan fingerprint density at radius 2 is 1.62 bits per heavy atom. The van der Waals surface area contributed by atoms with Crippen molar-refractivity contribution in [3.05, 3.63) is 29.3 Å². The lowest BCUT2D eigenvalue weighted by Gasteiger charge is -2.31. The fraction of sp³-hybridized carbons (Fsp3) is 0.652. The van der Waals surface area contributed by atoms with Gasteiger partial charge in [-0.2, -0.15) is 5.26 Å². The molecule has 1 aromatic rings. The van der Waals surface area contributed by atoms with E-state index >= 15 is 0 Å². The number of carbonyl (C=O) groups excluding carboxylic acids is 1. The largest absolute Gasteiger partial charge is 0.426 e. The van der Waals surface area contributed by atoms with E-state index in [1.165, 1.54) is 38.2 Å². The Hall–Kier alpha value is -2.00. The summed E-state index contributed by atoms with van der Waals surface area (Å²) in [5.41, 5.74) is -0.675. The van der Waals surface area contributed by atoms with Crippen molar-refractivity contribution in [1.82, 2.24) is 0 Å². The number of hydrogen-bond acceptors (Lipinski definition) is 4. The van der Waals surface area contributed by atoms with E-state index in [9.17, 15) is 13.6 Å². The van der Waals surface area contributed by atoms with Crippen molar-refractivity contribution in [2.45, 2.75) is 70.8 Å². The van der Waals surface area contributed by atoms with Crippen molar-refractivity contribution in [2.24, 2.45) is 17.8 Å². The van der Waals surface area contributed by atoms with Crippen LogP contribution in [0.15, 0.2) is 12.1 Å². The van der Waals surface area contributed by atoms with E-state index in [-0.39, 0.29) is 17.8 Å². The molecule has 0 aromatic heterocycles. The van der Waals surface area contributed by atoms with Gasteiger partial charge in [-0.3, -0.25) is 4.79 Å². The Morgan fingerprint density at radius 1 is 1.03 bits per heavy atom. The predicted molar refractivity (Wildman–Crippen MR) is 104 cm³/mol. The molecule has 2 aliphatic rings. The molecular formula is C23H29F2NO3. The third kappa shape index (κ3) is 5.76. The van der Waals surface area contributed by atoms with Gasteiger partial charge in [-0.05, 0) is 50.4 Å². The zero-order chi connectivity index (χ0) is 20.8. The molecule has 6 heteroatoms. The second kappa shape index (κ2) is 10.2. The molecule has 0 atom stereocenters. The summed E-state index contributed by atoms with van der Waals surface area (Å²) in [5, 5.41) is 8.70. The lowest BCUT2D eigenvalue weighted by atomic mass is 9.81. The Labute approximate surface area is 171 Å². The molecule has 0 bridgehead atoms. The molecule has 0 spiro atoms. The van der Waals surface area contributed by atoms with Crippen molar-refractivity contribution < 1.29 is 23.0 Å². The molecule has 0 unspecified atom stereocenters. The average molecular weight is 405 g/mol. The van der Waals surface area contributed by atoms with Gasteiger partial charge in [0.25, 0.3) is 0 Å². The number of esters is 1. The minimum absolute atomic E-state index is 0.174. The van der Waals surface area contributed by atoms with Crippen LogP contribution < -0.4 is 4.74 Å². The Morgan fingerprint density at radius 3 is 2.17 bits per heavy atom. The Bertz CT molecular complexity index is 722. The van der Waals surface area contributed by atoms with Crippen molar-refractivity contribution in [2.75, 3.05) is 6.61 Å². The standard InChI is InChI=1S/C23H29F2NO3/c1-2-15-3-5-16(6-4-15)14-28-18-9-7-17(8-10-18)23(27)29-19-11-21(24)20(13-26)22(25)12-19/h11-12,15-18H,2-10,14H2,1H3. The second-order valence-electron chi connectivity index (χ2n) is 8.40. The van der Waals surface area contributed by atoms with Gasteiger partial charge >= 0.3 is 5.97 Å². The monoisotopic (exact) mass is 405 g/mol. The fourth-order valence-electron chi connectivity index (χ4n) is 4.46. The number of nitriles is 1. The number of hydrogen-bond donors (Lipinski definition) is 0. The Balaban J connectivity index is 1.41. The maximum absolute atomic E-state index is 13.7. The molecular weight excluding hydrogens is 376 g/mol. The highest BCUT2D eigenvalue weighted by atomic mass is 19.1. The first-order valence-corrected chi connectivity index (χ1v) is 10.7. The van der Waals surface area contributed by atoms with Gasteiger partial charge in [0.2, 0.25) is 0 Å². The molecule has 2 saturated carbocycles. The van der Waals surface area contributed by atoms with E-state index in [2.05, 4.69) is 6.92 Å². The van der Waals surface area contributed by atoms with Crippen LogP contribution in [0.2, 0.25) is 0 Å². The van der Waals surface area contributed by atoms with Crippen LogP contribution in [0.1, 0.15) is 70.3 Å². The summed E-state index contributed by atoms with van der Waals surface area (Å²) in [6.07, 6.45) is 9.43. The highest BCUT2D eigenvalue weighted by Gasteiger charge is 2.29. The van der Waals surface area contributed by atoms with E-state index in [0.717, 1.165) is 37.5 Å². The summed E-state index contributed by atoms with van der Waals surface area (Å²) < 4.78 is 38.6. The van der Waals surface area contributed by atoms with E-state index < -0.39 is 23.2 Å². The third-order valence-corrected chi connectivity index (χ3v) is 6.46. The van der Waals surface area contributed by atoms with Crippen LogP contribution in [0.4, 0.5) is 8.78 Å². The number of halogens is 2.